The first-order valence-electron chi connectivity index (χ1n) is 8.58. The molecule has 140 valence electrons. The molecule has 0 bridgehead atoms. The van der Waals surface area contributed by atoms with Gasteiger partial charge in [-0.3, -0.25) is 4.98 Å². The topological polar surface area (TPSA) is 43.6 Å². The number of benzene rings is 1. The predicted molar refractivity (Wildman–Crippen MR) is 98.0 cm³/mol. The van der Waals surface area contributed by atoms with Gasteiger partial charge in [-0.25, -0.2) is 9.67 Å². The molecule has 0 aliphatic carbocycles. The van der Waals surface area contributed by atoms with Crippen molar-refractivity contribution in [3.05, 3.63) is 108 Å². The van der Waals surface area contributed by atoms with Gasteiger partial charge in [0.05, 0.1) is 17.3 Å². The first-order chi connectivity index (χ1) is 13.5. The lowest BCUT2D eigenvalue weighted by Gasteiger charge is -2.17. The third-order valence-corrected chi connectivity index (χ3v) is 4.28. The quantitative estimate of drug-likeness (QED) is 0.508. The first-order valence-corrected chi connectivity index (χ1v) is 8.58. The molecule has 0 saturated carbocycles. The lowest BCUT2D eigenvalue weighted by molar-refractivity contribution is -0.141. The van der Waals surface area contributed by atoms with E-state index in [4.69, 9.17) is 0 Å². The summed E-state index contributed by atoms with van der Waals surface area (Å²) in [5.74, 6) is 0.0601. The summed E-state index contributed by atoms with van der Waals surface area (Å²) in [6.07, 6.45) is -1.53. The van der Waals surface area contributed by atoms with Gasteiger partial charge in [-0.1, -0.05) is 42.5 Å². The molecule has 0 spiro atoms. The highest BCUT2D eigenvalue weighted by atomic mass is 19.4. The highest BCUT2D eigenvalue weighted by Gasteiger charge is 2.33. The number of halogens is 3. The van der Waals surface area contributed by atoms with Crippen molar-refractivity contribution in [3.8, 4) is 5.82 Å². The van der Waals surface area contributed by atoms with Gasteiger partial charge in [-0.2, -0.15) is 18.3 Å². The molecule has 1 atom stereocenters. The molecule has 1 aromatic carbocycles. The van der Waals surface area contributed by atoms with E-state index in [1.165, 1.54) is 6.20 Å². The van der Waals surface area contributed by atoms with E-state index in [1.807, 2.05) is 54.6 Å². The molecule has 4 aromatic rings. The molecule has 3 heterocycles. The number of aromatic nitrogens is 4. The summed E-state index contributed by atoms with van der Waals surface area (Å²) in [7, 11) is 0. The van der Waals surface area contributed by atoms with E-state index in [1.54, 1.807) is 18.3 Å². The summed E-state index contributed by atoms with van der Waals surface area (Å²) in [5.41, 5.74) is 1.51. The molecule has 0 saturated heterocycles. The molecule has 4 nitrogen and oxygen atoms in total. The van der Waals surface area contributed by atoms with Gasteiger partial charge < -0.3 is 0 Å². The zero-order valence-corrected chi connectivity index (χ0v) is 14.6. The van der Waals surface area contributed by atoms with Gasteiger partial charge >= 0.3 is 6.18 Å². The van der Waals surface area contributed by atoms with Crippen LogP contribution in [-0.2, 0) is 6.18 Å². The average molecular weight is 380 g/mol. The Balaban J connectivity index is 1.78. The van der Waals surface area contributed by atoms with Gasteiger partial charge in [0.15, 0.2) is 11.5 Å². The summed E-state index contributed by atoms with van der Waals surface area (Å²) in [5, 5.41) is 3.61. The summed E-state index contributed by atoms with van der Waals surface area (Å²) < 4.78 is 39.7. The van der Waals surface area contributed by atoms with Crippen LogP contribution in [-0.4, -0.2) is 19.7 Å². The molecule has 7 heteroatoms. The summed E-state index contributed by atoms with van der Waals surface area (Å²) in [4.78, 5) is 9.04. The number of hydrogen-bond acceptors (Lipinski definition) is 3. The van der Waals surface area contributed by atoms with Crippen LogP contribution in [0.25, 0.3) is 5.82 Å². The van der Waals surface area contributed by atoms with Crippen LogP contribution in [0.15, 0.2) is 85.2 Å². The zero-order valence-electron chi connectivity index (χ0n) is 14.6. The normalized spacial score (nSPS) is 12.7. The van der Waals surface area contributed by atoms with Crippen molar-refractivity contribution >= 4 is 0 Å². The van der Waals surface area contributed by atoms with Crippen molar-refractivity contribution in [3.63, 3.8) is 0 Å². The molecular formula is C21H15F3N4. The Labute approximate surface area is 159 Å². The van der Waals surface area contributed by atoms with Crippen molar-refractivity contribution in [2.75, 3.05) is 0 Å². The molecular weight excluding hydrogens is 365 g/mol. The molecule has 0 radical (unpaired) electrons. The first kappa shape index (κ1) is 17.9. The monoisotopic (exact) mass is 380 g/mol. The fraction of sp³-hybridized carbons (Fsp3) is 0.0952. The van der Waals surface area contributed by atoms with Crippen LogP contribution in [0.1, 0.15) is 28.6 Å². The molecule has 0 aliphatic rings. The van der Waals surface area contributed by atoms with Gasteiger partial charge in [0.2, 0.25) is 0 Å². The molecule has 0 amide bonds. The number of rotatable bonds is 4. The fourth-order valence-electron chi connectivity index (χ4n) is 3.02. The Kier molecular flexibility index (Phi) is 4.65. The molecule has 28 heavy (non-hydrogen) atoms. The third kappa shape index (κ3) is 3.64. The van der Waals surface area contributed by atoms with Crippen LogP contribution in [0.5, 0.6) is 0 Å². The molecule has 4 rings (SSSR count). The Morgan fingerprint density at radius 2 is 1.54 bits per heavy atom. The largest absolute Gasteiger partial charge is 0.435 e. The second-order valence-corrected chi connectivity index (χ2v) is 6.16. The van der Waals surface area contributed by atoms with Crippen molar-refractivity contribution in [2.45, 2.75) is 12.1 Å². The molecule has 3 aromatic heterocycles. The van der Waals surface area contributed by atoms with Crippen LogP contribution in [0, 0.1) is 0 Å². The number of hydrogen-bond donors (Lipinski definition) is 0. The maximum absolute atomic E-state index is 12.9. The third-order valence-electron chi connectivity index (χ3n) is 4.28. The van der Waals surface area contributed by atoms with Gasteiger partial charge in [0, 0.05) is 12.4 Å². The van der Waals surface area contributed by atoms with E-state index in [0.29, 0.717) is 11.5 Å². The number of nitrogens with zero attached hydrogens (tertiary/aromatic N) is 4. The maximum Gasteiger partial charge on any atom is 0.435 e. The van der Waals surface area contributed by atoms with E-state index >= 15 is 0 Å². The molecule has 0 fully saturated rings. The van der Waals surface area contributed by atoms with Crippen molar-refractivity contribution < 1.29 is 13.2 Å². The van der Waals surface area contributed by atoms with Crippen LogP contribution in [0.3, 0.4) is 0 Å². The van der Waals surface area contributed by atoms with E-state index in [2.05, 4.69) is 15.1 Å². The van der Waals surface area contributed by atoms with Crippen LogP contribution in [0.4, 0.5) is 13.2 Å². The Morgan fingerprint density at radius 1 is 0.786 bits per heavy atom. The van der Waals surface area contributed by atoms with Gasteiger partial charge in [0.25, 0.3) is 0 Å². The minimum Gasteiger partial charge on any atom is -0.260 e. The highest BCUT2D eigenvalue weighted by Crippen LogP contribution is 2.30. The number of alkyl halides is 3. The average Bonchev–Trinajstić information content (AvgIpc) is 3.21. The highest BCUT2D eigenvalue weighted by molar-refractivity contribution is 5.39. The number of pyridine rings is 2. The Hall–Kier alpha value is -3.48. The zero-order chi connectivity index (χ0) is 19.6. The van der Waals surface area contributed by atoms with E-state index < -0.39 is 11.9 Å². The second kappa shape index (κ2) is 7.26. The maximum atomic E-state index is 12.9. The van der Waals surface area contributed by atoms with Crippen LogP contribution < -0.4 is 0 Å². The van der Waals surface area contributed by atoms with E-state index in [-0.39, 0.29) is 5.92 Å². The minimum atomic E-state index is -4.50. The Morgan fingerprint density at radius 3 is 2.21 bits per heavy atom. The lowest BCUT2D eigenvalue weighted by atomic mass is 9.91. The minimum absolute atomic E-state index is 0.250. The van der Waals surface area contributed by atoms with E-state index in [0.717, 1.165) is 22.0 Å². The van der Waals surface area contributed by atoms with Gasteiger partial charge in [-0.15, -0.1) is 0 Å². The smallest absolute Gasteiger partial charge is 0.260 e. The lowest BCUT2D eigenvalue weighted by Crippen LogP contribution is -2.10. The fourth-order valence-corrected chi connectivity index (χ4v) is 3.02. The van der Waals surface area contributed by atoms with Crippen molar-refractivity contribution in [1.29, 1.82) is 0 Å². The van der Waals surface area contributed by atoms with Crippen LogP contribution >= 0.6 is 0 Å². The summed E-state index contributed by atoms with van der Waals surface area (Å²) >= 11 is 0. The van der Waals surface area contributed by atoms with E-state index in [9.17, 15) is 13.2 Å². The second-order valence-electron chi connectivity index (χ2n) is 6.16. The Bertz CT molecular complexity index is 1020. The van der Waals surface area contributed by atoms with Crippen molar-refractivity contribution in [2.24, 2.45) is 0 Å². The summed E-state index contributed by atoms with van der Waals surface area (Å²) in [6.45, 7) is 0. The molecule has 1 unspecified atom stereocenters. The van der Waals surface area contributed by atoms with Crippen molar-refractivity contribution in [1.82, 2.24) is 19.7 Å². The van der Waals surface area contributed by atoms with Crippen LogP contribution in [0.2, 0.25) is 0 Å². The molecule has 0 aliphatic heterocycles. The summed E-state index contributed by atoms with van der Waals surface area (Å²) in [6, 6.07) is 21.5. The standard InChI is InChI=1S/C21H15F3N4/c22-21(23,24)18-12-14-28(27-18)19-11-6-10-17(26-19)20(15-7-2-1-3-8-15)16-9-4-5-13-25-16/h1-14,20H. The predicted octanol–water partition coefficient (Wildman–Crippen LogP) is 4.86. The van der Waals surface area contributed by atoms with Gasteiger partial charge in [0.1, 0.15) is 0 Å². The molecule has 0 N–H and O–H groups in total. The SMILES string of the molecule is FC(F)(F)c1ccn(-c2cccc(C(c3ccccc3)c3ccccn3)n2)n1. The van der Waals surface area contributed by atoms with Gasteiger partial charge in [-0.05, 0) is 35.9 Å².